The molecule has 1 aliphatic heterocycles. The van der Waals surface area contributed by atoms with E-state index in [0.29, 0.717) is 12.6 Å². The van der Waals surface area contributed by atoms with Crippen LogP contribution in [0.4, 0.5) is 4.39 Å². The van der Waals surface area contributed by atoms with Crippen LogP contribution in [0.25, 0.3) is 0 Å². The fraction of sp³-hybridized carbons (Fsp3) is 0.583. The number of ether oxygens (including phenoxy) is 1. The van der Waals surface area contributed by atoms with Crippen LogP contribution in [-0.4, -0.2) is 24.7 Å². The van der Waals surface area contributed by atoms with Gasteiger partial charge in [-0.05, 0) is 38.9 Å². The van der Waals surface area contributed by atoms with Crippen LogP contribution >= 0.6 is 0 Å². The van der Waals surface area contributed by atoms with Gasteiger partial charge in [0, 0.05) is 12.6 Å². The van der Waals surface area contributed by atoms with Crippen molar-refractivity contribution in [2.45, 2.75) is 31.4 Å². The summed E-state index contributed by atoms with van der Waals surface area (Å²) in [7, 11) is 1.95. The Kier molecular flexibility index (Phi) is 3.21. The Bertz CT molecular complexity index is 355. The van der Waals surface area contributed by atoms with Gasteiger partial charge in [-0.3, -0.25) is 4.98 Å². The number of aromatic nitrogens is 1. The van der Waals surface area contributed by atoms with Crippen LogP contribution in [-0.2, 0) is 10.3 Å². The second kappa shape index (κ2) is 4.47. The van der Waals surface area contributed by atoms with Crippen molar-refractivity contribution in [2.24, 2.45) is 0 Å². The molecule has 2 heterocycles. The van der Waals surface area contributed by atoms with Crippen molar-refractivity contribution in [3.8, 4) is 0 Å². The number of hydrogen-bond donors (Lipinski definition) is 1. The van der Waals surface area contributed by atoms with Crippen molar-refractivity contribution < 1.29 is 9.13 Å². The maximum absolute atomic E-state index is 12.8. The van der Waals surface area contributed by atoms with Gasteiger partial charge < -0.3 is 10.1 Å². The van der Waals surface area contributed by atoms with Crippen molar-refractivity contribution in [1.29, 1.82) is 0 Å². The average Bonchev–Trinajstić information content (AvgIpc) is 2.29. The average molecular weight is 224 g/mol. The minimum atomic E-state index is -0.403. The molecule has 3 nitrogen and oxygen atoms in total. The largest absolute Gasteiger partial charge is 0.369 e. The summed E-state index contributed by atoms with van der Waals surface area (Å²) in [6.07, 6.45) is 3.11. The molecule has 2 atom stereocenters. The van der Waals surface area contributed by atoms with E-state index in [1.807, 2.05) is 14.0 Å². The number of nitrogens with zero attached hydrogens (tertiary/aromatic N) is 1. The summed E-state index contributed by atoms with van der Waals surface area (Å²) in [6, 6.07) is 3.57. The highest BCUT2D eigenvalue weighted by atomic mass is 19.1. The maximum atomic E-state index is 12.8. The second-order valence-corrected chi connectivity index (χ2v) is 4.42. The van der Waals surface area contributed by atoms with Crippen LogP contribution in [0.15, 0.2) is 18.3 Å². The van der Waals surface area contributed by atoms with E-state index >= 15 is 0 Å². The third-order valence-electron chi connectivity index (χ3n) is 3.20. The van der Waals surface area contributed by atoms with Crippen molar-refractivity contribution in [3.05, 3.63) is 29.8 Å². The lowest BCUT2D eigenvalue weighted by Gasteiger charge is -2.37. The van der Waals surface area contributed by atoms with E-state index < -0.39 is 5.60 Å². The van der Waals surface area contributed by atoms with Gasteiger partial charge >= 0.3 is 0 Å². The molecule has 0 aliphatic carbocycles. The first-order chi connectivity index (χ1) is 7.64. The van der Waals surface area contributed by atoms with E-state index in [1.165, 1.54) is 12.3 Å². The van der Waals surface area contributed by atoms with Gasteiger partial charge in [-0.15, -0.1) is 0 Å². The Balaban J connectivity index is 2.20. The van der Waals surface area contributed by atoms with E-state index in [1.54, 1.807) is 6.07 Å². The number of pyridine rings is 1. The molecular formula is C12H17FN2O. The van der Waals surface area contributed by atoms with Gasteiger partial charge in [-0.2, -0.15) is 0 Å². The van der Waals surface area contributed by atoms with Crippen LogP contribution in [0.2, 0.25) is 0 Å². The monoisotopic (exact) mass is 224 g/mol. The van der Waals surface area contributed by atoms with E-state index in [0.717, 1.165) is 18.5 Å². The lowest BCUT2D eigenvalue weighted by Crippen LogP contribution is -2.42. The second-order valence-electron chi connectivity index (χ2n) is 4.42. The zero-order valence-corrected chi connectivity index (χ0v) is 9.66. The molecule has 2 rings (SSSR count). The third kappa shape index (κ3) is 2.23. The number of hydrogen-bond acceptors (Lipinski definition) is 3. The highest BCUT2D eigenvalue weighted by Gasteiger charge is 2.35. The molecule has 1 N–H and O–H groups in total. The summed E-state index contributed by atoms with van der Waals surface area (Å²) in [5.41, 5.74) is 0.397. The van der Waals surface area contributed by atoms with Crippen LogP contribution < -0.4 is 5.32 Å². The van der Waals surface area contributed by atoms with Crippen LogP contribution in [0.5, 0.6) is 0 Å². The summed E-state index contributed by atoms with van der Waals surface area (Å²) in [5, 5.41) is 3.26. The predicted molar refractivity (Wildman–Crippen MR) is 59.6 cm³/mol. The van der Waals surface area contributed by atoms with Gasteiger partial charge in [0.15, 0.2) is 0 Å². The molecule has 0 aromatic carbocycles. The van der Waals surface area contributed by atoms with Crippen LogP contribution in [0.3, 0.4) is 0 Å². The van der Waals surface area contributed by atoms with E-state index in [4.69, 9.17) is 4.74 Å². The molecule has 1 aromatic rings. The van der Waals surface area contributed by atoms with Gasteiger partial charge in [0.25, 0.3) is 0 Å². The Hall–Kier alpha value is -1.00. The maximum Gasteiger partial charge on any atom is 0.141 e. The molecule has 0 amide bonds. The zero-order valence-electron chi connectivity index (χ0n) is 9.66. The topological polar surface area (TPSA) is 34.1 Å². The van der Waals surface area contributed by atoms with Gasteiger partial charge in [0.1, 0.15) is 11.4 Å². The van der Waals surface area contributed by atoms with Crippen molar-refractivity contribution in [2.75, 3.05) is 13.7 Å². The standard InChI is InChI=1S/C12H17FN2O/c1-12(7-10(14-2)5-6-16-12)11-4-3-9(13)8-15-11/h3-4,8,10,14H,5-7H2,1-2H3. The molecule has 4 heteroatoms. The molecule has 0 spiro atoms. The highest BCUT2D eigenvalue weighted by molar-refractivity contribution is 5.14. The normalized spacial score (nSPS) is 30.3. The first-order valence-electron chi connectivity index (χ1n) is 5.57. The minimum absolute atomic E-state index is 0.312. The quantitative estimate of drug-likeness (QED) is 0.832. The molecule has 0 bridgehead atoms. The predicted octanol–water partition coefficient (Wildman–Crippen LogP) is 1.83. The molecule has 1 aromatic heterocycles. The van der Waals surface area contributed by atoms with Gasteiger partial charge in [-0.1, -0.05) is 0 Å². The van der Waals surface area contributed by atoms with Gasteiger partial charge in [0.2, 0.25) is 0 Å². The smallest absolute Gasteiger partial charge is 0.141 e. The highest BCUT2D eigenvalue weighted by Crippen LogP contribution is 2.33. The van der Waals surface area contributed by atoms with Gasteiger partial charge in [0.05, 0.1) is 11.9 Å². The summed E-state index contributed by atoms with van der Waals surface area (Å²) >= 11 is 0. The molecule has 1 fully saturated rings. The van der Waals surface area contributed by atoms with Crippen LogP contribution in [0.1, 0.15) is 25.5 Å². The van der Waals surface area contributed by atoms with Crippen molar-refractivity contribution in [3.63, 3.8) is 0 Å². The SMILES string of the molecule is CNC1CCOC(C)(c2ccc(F)cn2)C1. The fourth-order valence-corrected chi connectivity index (χ4v) is 2.17. The molecule has 88 valence electrons. The molecule has 16 heavy (non-hydrogen) atoms. The van der Waals surface area contributed by atoms with Crippen LogP contribution in [0, 0.1) is 5.82 Å². The van der Waals surface area contributed by atoms with Crippen molar-refractivity contribution >= 4 is 0 Å². The molecule has 1 aliphatic rings. The first kappa shape index (κ1) is 11.5. The summed E-state index contributed by atoms with van der Waals surface area (Å²) in [6.45, 7) is 2.72. The summed E-state index contributed by atoms with van der Waals surface area (Å²) < 4.78 is 18.6. The number of rotatable bonds is 2. The Morgan fingerprint density at radius 2 is 2.38 bits per heavy atom. The molecular weight excluding hydrogens is 207 g/mol. The molecule has 0 radical (unpaired) electrons. The van der Waals surface area contributed by atoms with E-state index in [9.17, 15) is 4.39 Å². The number of nitrogens with one attached hydrogen (secondary N) is 1. The lowest BCUT2D eigenvalue weighted by atomic mass is 9.89. The Labute approximate surface area is 95.0 Å². The first-order valence-corrected chi connectivity index (χ1v) is 5.57. The van der Waals surface area contributed by atoms with E-state index in [-0.39, 0.29) is 5.82 Å². The molecule has 1 saturated heterocycles. The third-order valence-corrected chi connectivity index (χ3v) is 3.20. The molecule has 2 unspecified atom stereocenters. The number of halogens is 1. The Morgan fingerprint density at radius 3 is 3.00 bits per heavy atom. The fourth-order valence-electron chi connectivity index (χ4n) is 2.17. The summed E-state index contributed by atoms with van der Waals surface area (Å²) in [4.78, 5) is 4.11. The lowest BCUT2D eigenvalue weighted by molar-refractivity contribution is -0.0832. The Morgan fingerprint density at radius 1 is 1.56 bits per heavy atom. The van der Waals surface area contributed by atoms with E-state index in [2.05, 4.69) is 10.3 Å². The van der Waals surface area contributed by atoms with Gasteiger partial charge in [-0.25, -0.2) is 4.39 Å². The van der Waals surface area contributed by atoms with Crippen molar-refractivity contribution in [1.82, 2.24) is 10.3 Å². The summed E-state index contributed by atoms with van der Waals surface area (Å²) in [5.74, 6) is -0.312. The minimum Gasteiger partial charge on any atom is -0.369 e. The zero-order chi connectivity index (χ0) is 11.6. The molecule has 0 saturated carbocycles.